The molecule has 0 aliphatic carbocycles. The zero-order valence-electron chi connectivity index (χ0n) is 10.4. The summed E-state index contributed by atoms with van der Waals surface area (Å²) in [6.45, 7) is 0.587. The van der Waals surface area contributed by atoms with Crippen LogP contribution < -0.4 is 5.73 Å². The second-order valence-electron chi connectivity index (χ2n) is 4.07. The summed E-state index contributed by atoms with van der Waals surface area (Å²) in [7, 11) is 1.65. The van der Waals surface area contributed by atoms with E-state index < -0.39 is 0 Å². The monoisotopic (exact) mass is 247 g/mol. The topological polar surface area (TPSA) is 74.2 Å². The Labute approximate surface area is 106 Å². The van der Waals surface area contributed by atoms with Gasteiger partial charge in [0.25, 0.3) is 0 Å². The maximum absolute atomic E-state index is 6.08. The van der Waals surface area contributed by atoms with E-state index >= 15 is 0 Å². The van der Waals surface area contributed by atoms with E-state index in [0.29, 0.717) is 31.2 Å². The molecule has 1 aromatic heterocycles. The minimum absolute atomic E-state index is 0.123. The van der Waals surface area contributed by atoms with Crippen molar-refractivity contribution in [2.45, 2.75) is 18.9 Å². The van der Waals surface area contributed by atoms with Gasteiger partial charge >= 0.3 is 0 Å². The Morgan fingerprint density at radius 2 is 2.11 bits per heavy atom. The maximum Gasteiger partial charge on any atom is 0.228 e. The number of hydrogen-bond acceptors (Lipinski definition) is 5. The summed E-state index contributed by atoms with van der Waals surface area (Å²) in [6, 6.07) is 9.76. The molecule has 1 heterocycles. The molecule has 0 spiro atoms. The number of benzene rings is 1. The van der Waals surface area contributed by atoms with Crippen molar-refractivity contribution >= 4 is 0 Å². The summed E-state index contributed by atoms with van der Waals surface area (Å²) in [4.78, 5) is 4.28. The van der Waals surface area contributed by atoms with Gasteiger partial charge in [0.15, 0.2) is 5.82 Å². The first kappa shape index (κ1) is 12.7. The van der Waals surface area contributed by atoms with Crippen molar-refractivity contribution in [3.63, 3.8) is 0 Å². The number of methoxy groups -OCH3 is 1. The van der Waals surface area contributed by atoms with Crippen LogP contribution in [0.3, 0.4) is 0 Å². The quantitative estimate of drug-likeness (QED) is 0.837. The molecule has 1 unspecified atom stereocenters. The van der Waals surface area contributed by atoms with Crippen molar-refractivity contribution in [1.82, 2.24) is 10.1 Å². The van der Waals surface area contributed by atoms with Crippen LogP contribution in [0, 0.1) is 0 Å². The fraction of sp³-hybridized carbons (Fsp3) is 0.385. The Bertz CT molecular complexity index is 470. The summed E-state index contributed by atoms with van der Waals surface area (Å²) < 4.78 is 10.1. The van der Waals surface area contributed by atoms with Crippen LogP contribution in [0.5, 0.6) is 0 Å². The lowest BCUT2D eigenvalue weighted by molar-refractivity contribution is 0.199. The highest BCUT2D eigenvalue weighted by atomic mass is 16.5. The van der Waals surface area contributed by atoms with E-state index in [1.165, 1.54) is 0 Å². The molecule has 0 aliphatic heterocycles. The predicted molar refractivity (Wildman–Crippen MR) is 67.0 cm³/mol. The molecule has 0 bridgehead atoms. The van der Waals surface area contributed by atoms with Crippen LogP contribution in [0.2, 0.25) is 0 Å². The van der Waals surface area contributed by atoms with Gasteiger partial charge in [-0.2, -0.15) is 4.98 Å². The molecule has 0 radical (unpaired) electrons. The van der Waals surface area contributed by atoms with Crippen LogP contribution in [0.25, 0.3) is 0 Å². The van der Waals surface area contributed by atoms with Gasteiger partial charge in [0.1, 0.15) is 0 Å². The lowest BCUT2D eigenvalue weighted by Gasteiger charge is -2.08. The third-order valence-electron chi connectivity index (χ3n) is 2.66. The van der Waals surface area contributed by atoms with Gasteiger partial charge in [-0.25, -0.2) is 0 Å². The van der Waals surface area contributed by atoms with E-state index in [1.807, 2.05) is 30.3 Å². The third-order valence-corrected chi connectivity index (χ3v) is 2.66. The first-order valence-corrected chi connectivity index (χ1v) is 5.90. The van der Waals surface area contributed by atoms with E-state index in [9.17, 15) is 0 Å². The Kier molecular flexibility index (Phi) is 4.44. The van der Waals surface area contributed by atoms with Crippen LogP contribution in [-0.2, 0) is 17.6 Å². The number of nitrogens with zero attached hydrogens (tertiary/aromatic N) is 2. The van der Waals surface area contributed by atoms with Crippen LogP contribution in [-0.4, -0.2) is 23.9 Å². The van der Waals surface area contributed by atoms with Gasteiger partial charge in [0.05, 0.1) is 6.61 Å². The molecule has 2 aromatic rings. The van der Waals surface area contributed by atoms with Crippen molar-refractivity contribution in [3.05, 3.63) is 47.6 Å². The minimum Gasteiger partial charge on any atom is -0.384 e. The van der Waals surface area contributed by atoms with E-state index in [-0.39, 0.29) is 6.04 Å². The highest BCUT2D eigenvalue weighted by Crippen LogP contribution is 2.14. The molecular formula is C13H17N3O2. The summed E-state index contributed by atoms with van der Waals surface area (Å²) in [5.74, 6) is 1.23. The van der Waals surface area contributed by atoms with Gasteiger partial charge in [-0.1, -0.05) is 35.5 Å². The van der Waals surface area contributed by atoms with Gasteiger partial charge in [-0.3, -0.25) is 0 Å². The largest absolute Gasteiger partial charge is 0.384 e. The molecule has 18 heavy (non-hydrogen) atoms. The van der Waals surface area contributed by atoms with E-state index in [0.717, 1.165) is 5.56 Å². The Morgan fingerprint density at radius 1 is 1.33 bits per heavy atom. The fourth-order valence-electron chi connectivity index (χ4n) is 1.67. The van der Waals surface area contributed by atoms with E-state index in [4.69, 9.17) is 15.0 Å². The van der Waals surface area contributed by atoms with E-state index in [1.54, 1.807) is 7.11 Å². The maximum atomic E-state index is 6.08. The molecule has 0 saturated heterocycles. The molecule has 96 valence electrons. The van der Waals surface area contributed by atoms with Crippen molar-refractivity contribution in [2.24, 2.45) is 5.73 Å². The summed E-state index contributed by atoms with van der Waals surface area (Å²) in [6.07, 6.45) is 1.20. The second kappa shape index (κ2) is 6.28. The standard InChI is InChI=1S/C13H17N3O2/c1-17-8-7-12-15-13(18-16-12)9-11(14)10-5-3-2-4-6-10/h2-6,11H,7-9,14H2,1H3. The zero-order valence-corrected chi connectivity index (χ0v) is 10.4. The SMILES string of the molecule is COCCc1noc(CC(N)c2ccccc2)n1. The molecule has 2 rings (SSSR count). The molecule has 1 atom stereocenters. The number of ether oxygens (including phenoxy) is 1. The highest BCUT2D eigenvalue weighted by Gasteiger charge is 2.12. The number of aromatic nitrogens is 2. The summed E-state index contributed by atoms with van der Waals surface area (Å²) >= 11 is 0. The van der Waals surface area contributed by atoms with Gasteiger partial charge in [-0.05, 0) is 5.56 Å². The van der Waals surface area contributed by atoms with Crippen LogP contribution in [0.15, 0.2) is 34.9 Å². The van der Waals surface area contributed by atoms with Crippen molar-refractivity contribution in [3.8, 4) is 0 Å². The molecule has 5 nitrogen and oxygen atoms in total. The molecular weight excluding hydrogens is 230 g/mol. The Balaban J connectivity index is 1.95. The molecule has 0 fully saturated rings. The van der Waals surface area contributed by atoms with E-state index in [2.05, 4.69) is 10.1 Å². The van der Waals surface area contributed by atoms with Crippen LogP contribution in [0.4, 0.5) is 0 Å². The number of hydrogen-bond donors (Lipinski definition) is 1. The Hall–Kier alpha value is -1.72. The Morgan fingerprint density at radius 3 is 2.83 bits per heavy atom. The van der Waals surface area contributed by atoms with Crippen molar-refractivity contribution < 1.29 is 9.26 Å². The van der Waals surface area contributed by atoms with Gasteiger partial charge in [-0.15, -0.1) is 0 Å². The minimum atomic E-state index is -0.123. The van der Waals surface area contributed by atoms with Gasteiger partial charge in [0, 0.05) is 26.0 Å². The zero-order chi connectivity index (χ0) is 12.8. The van der Waals surface area contributed by atoms with Crippen molar-refractivity contribution in [1.29, 1.82) is 0 Å². The van der Waals surface area contributed by atoms with Crippen LogP contribution >= 0.6 is 0 Å². The van der Waals surface area contributed by atoms with Gasteiger partial charge < -0.3 is 15.0 Å². The smallest absolute Gasteiger partial charge is 0.228 e. The first-order valence-electron chi connectivity index (χ1n) is 5.90. The molecule has 1 aromatic carbocycles. The average Bonchev–Trinajstić information content (AvgIpc) is 2.85. The summed E-state index contributed by atoms with van der Waals surface area (Å²) in [5.41, 5.74) is 7.15. The first-order chi connectivity index (χ1) is 8.79. The molecule has 0 amide bonds. The second-order valence-corrected chi connectivity index (χ2v) is 4.07. The highest BCUT2D eigenvalue weighted by molar-refractivity contribution is 5.19. The van der Waals surface area contributed by atoms with Gasteiger partial charge in [0.2, 0.25) is 5.89 Å². The normalized spacial score (nSPS) is 12.6. The molecule has 0 aliphatic rings. The van der Waals surface area contributed by atoms with Crippen molar-refractivity contribution in [2.75, 3.05) is 13.7 Å². The number of rotatable bonds is 6. The fourth-order valence-corrected chi connectivity index (χ4v) is 1.67. The summed E-state index contributed by atoms with van der Waals surface area (Å²) in [5, 5.41) is 3.88. The lowest BCUT2D eigenvalue weighted by atomic mass is 10.1. The molecule has 0 saturated carbocycles. The predicted octanol–water partition coefficient (Wildman–Crippen LogP) is 1.50. The average molecular weight is 247 g/mol. The molecule has 5 heteroatoms. The third kappa shape index (κ3) is 3.38. The van der Waals surface area contributed by atoms with Crippen LogP contribution in [0.1, 0.15) is 23.3 Å². The molecule has 2 N–H and O–H groups in total. The number of nitrogens with two attached hydrogens (primary N) is 1. The lowest BCUT2D eigenvalue weighted by Crippen LogP contribution is -2.13.